The highest BCUT2D eigenvalue weighted by Gasteiger charge is 2.28. The Kier molecular flexibility index (Phi) is 5.03. The molecule has 24 heavy (non-hydrogen) atoms. The lowest BCUT2D eigenvalue weighted by molar-refractivity contribution is -0.153. The Balaban J connectivity index is 1.55. The summed E-state index contributed by atoms with van der Waals surface area (Å²) in [4.78, 5) is 6.33. The van der Waals surface area contributed by atoms with Crippen molar-refractivity contribution in [1.29, 1.82) is 0 Å². The zero-order chi connectivity index (χ0) is 17.0. The summed E-state index contributed by atoms with van der Waals surface area (Å²) >= 11 is 0. The molecule has 5 nitrogen and oxygen atoms in total. The number of halogens is 3. The van der Waals surface area contributed by atoms with Crippen molar-refractivity contribution >= 4 is 0 Å². The number of rotatable bonds is 6. The van der Waals surface area contributed by atoms with Gasteiger partial charge in [-0.2, -0.15) is 18.3 Å². The highest BCUT2D eigenvalue weighted by Crippen LogP contribution is 2.23. The lowest BCUT2D eigenvalue weighted by atomic mass is 10.1. The van der Waals surface area contributed by atoms with E-state index in [2.05, 4.69) is 15.0 Å². The molecule has 1 aliphatic rings. The van der Waals surface area contributed by atoms with Gasteiger partial charge in [-0.25, -0.2) is 4.98 Å². The van der Waals surface area contributed by atoms with Crippen molar-refractivity contribution in [3.8, 4) is 5.75 Å². The van der Waals surface area contributed by atoms with Crippen molar-refractivity contribution in [2.24, 2.45) is 0 Å². The van der Waals surface area contributed by atoms with Gasteiger partial charge in [-0.1, -0.05) is 12.1 Å². The molecule has 1 saturated heterocycles. The topological polar surface area (TPSA) is 43.2 Å². The van der Waals surface area contributed by atoms with Gasteiger partial charge in [0.2, 0.25) is 0 Å². The largest absolute Gasteiger partial charge is 0.484 e. The van der Waals surface area contributed by atoms with Gasteiger partial charge in [-0.15, -0.1) is 0 Å². The Hall–Kier alpha value is -2.09. The van der Waals surface area contributed by atoms with E-state index in [1.54, 1.807) is 18.5 Å². The summed E-state index contributed by atoms with van der Waals surface area (Å²) in [7, 11) is 0. The van der Waals surface area contributed by atoms with Crippen LogP contribution in [0.15, 0.2) is 36.9 Å². The zero-order valence-corrected chi connectivity index (χ0v) is 13.1. The minimum absolute atomic E-state index is 0.233. The summed E-state index contributed by atoms with van der Waals surface area (Å²) in [6, 6.07) is 7.20. The van der Waals surface area contributed by atoms with Gasteiger partial charge in [0.05, 0.1) is 6.54 Å². The molecule has 0 N–H and O–H groups in total. The molecule has 1 atom stereocenters. The number of likely N-dealkylation sites (tertiary alicyclic amines) is 1. The van der Waals surface area contributed by atoms with Gasteiger partial charge in [0.1, 0.15) is 18.4 Å². The van der Waals surface area contributed by atoms with E-state index in [1.165, 1.54) is 6.33 Å². The molecule has 0 amide bonds. The summed E-state index contributed by atoms with van der Waals surface area (Å²) in [5, 5.41) is 4.14. The lowest BCUT2D eigenvalue weighted by Crippen LogP contribution is -2.32. The highest BCUT2D eigenvalue weighted by molar-refractivity contribution is 5.27. The van der Waals surface area contributed by atoms with Crippen LogP contribution in [-0.4, -0.2) is 45.0 Å². The third kappa shape index (κ3) is 4.70. The number of ether oxygens (including phenoxy) is 1. The normalized spacial score (nSPS) is 18.9. The maximum atomic E-state index is 12.1. The van der Waals surface area contributed by atoms with E-state index in [-0.39, 0.29) is 5.75 Å². The van der Waals surface area contributed by atoms with E-state index in [0.29, 0.717) is 6.04 Å². The first-order chi connectivity index (χ1) is 11.5. The molecule has 0 aliphatic carbocycles. The molecule has 3 rings (SSSR count). The van der Waals surface area contributed by atoms with Crippen molar-refractivity contribution in [2.75, 3.05) is 13.2 Å². The number of aromatic nitrogens is 3. The van der Waals surface area contributed by atoms with E-state index in [9.17, 15) is 13.2 Å². The van der Waals surface area contributed by atoms with Gasteiger partial charge < -0.3 is 4.74 Å². The summed E-state index contributed by atoms with van der Waals surface area (Å²) < 4.78 is 43.0. The molecule has 130 valence electrons. The molecule has 0 unspecified atom stereocenters. The van der Waals surface area contributed by atoms with Crippen LogP contribution in [-0.2, 0) is 13.1 Å². The van der Waals surface area contributed by atoms with Crippen LogP contribution in [0.1, 0.15) is 18.4 Å². The van der Waals surface area contributed by atoms with E-state index >= 15 is 0 Å². The molecule has 8 heteroatoms. The minimum atomic E-state index is -4.32. The maximum absolute atomic E-state index is 12.1. The molecular weight excluding hydrogens is 321 g/mol. The predicted octanol–water partition coefficient (Wildman–Crippen LogP) is 2.88. The van der Waals surface area contributed by atoms with Crippen LogP contribution >= 0.6 is 0 Å². The molecule has 0 saturated carbocycles. The Labute approximate surface area is 138 Å². The standard InChI is InChI=1S/C16H19F3N4O/c17-16(18,19)10-24-15-5-3-13(4-6-15)8-22-7-1-2-14(22)9-23-12-20-11-21-23/h3-6,11-12,14H,1-2,7-10H2/t14-/m0/s1. The molecule has 0 radical (unpaired) electrons. The van der Waals surface area contributed by atoms with Gasteiger partial charge in [-0.3, -0.25) is 9.58 Å². The average molecular weight is 340 g/mol. The smallest absolute Gasteiger partial charge is 0.422 e. The Morgan fingerprint density at radius 1 is 1.21 bits per heavy atom. The van der Waals surface area contributed by atoms with Crippen LogP contribution < -0.4 is 4.74 Å². The second-order valence-electron chi connectivity index (χ2n) is 5.93. The van der Waals surface area contributed by atoms with Gasteiger partial charge in [-0.05, 0) is 37.1 Å². The van der Waals surface area contributed by atoms with Crippen molar-refractivity contribution in [2.45, 2.75) is 38.1 Å². The first kappa shape index (κ1) is 16.8. The van der Waals surface area contributed by atoms with E-state index in [4.69, 9.17) is 4.74 Å². The highest BCUT2D eigenvalue weighted by atomic mass is 19.4. The molecule has 1 fully saturated rings. The Bertz CT molecular complexity index is 628. The molecule has 1 aromatic heterocycles. The van der Waals surface area contributed by atoms with Crippen molar-refractivity contribution in [3.05, 3.63) is 42.5 Å². The molecule has 1 aliphatic heterocycles. The third-order valence-corrected chi connectivity index (χ3v) is 4.07. The summed E-state index contributed by atoms with van der Waals surface area (Å²) in [5.41, 5.74) is 1.06. The SMILES string of the molecule is FC(F)(F)COc1ccc(CN2CCC[C@H]2Cn2cncn2)cc1. The molecular formula is C16H19F3N4O. The average Bonchev–Trinajstić information content (AvgIpc) is 3.19. The first-order valence-corrected chi connectivity index (χ1v) is 7.84. The van der Waals surface area contributed by atoms with Crippen LogP contribution in [0.25, 0.3) is 0 Å². The predicted molar refractivity (Wildman–Crippen MR) is 81.4 cm³/mol. The van der Waals surface area contributed by atoms with Gasteiger partial charge >= 0.3 is 6.18 Å². The minimum Gasteiger partial charge on any atom is -0.484 e. The Morgan fingerprint density at radius 3 is 2.67 bits per heavy atom. The fourth-order valence-corrected chi connectivity index (χ4v) is 2.94. The zero-order valence-electron chi connectivity index (χ0n) is 13.1. The number of nitrogens with zero attached hydrogens (tertiary/aromatic N) is 4. The number of alkyl halides is 3. The van der Waals surface area contributed by atoms with Crippen LogP contribution in [0, 0.1) is 0 Å². The lowest BCUT2D eigenvalue weighted by Gasteiger charge is -2.24. The number of benzene rings is 1. The monoisotopic (exact) mass is 340 g/mol. The third-order valence-electron chi connectivity index (χ3n) is 4.07. The van der Waals surface area contributed by atoms with Crippen LogP contribution in [0.2, 0.25) is 0 Å². The molecule has 0 spiro atoms. The maximum Gasteiger partial charge on any atom is 0.422 e. The van der Waals surface area contributed by atoms with E-state index < -0.39 is 12.8 Å². The van der Waals surface area contributed by atoms with E-state index in [1.807, 2.05) is 16.8 Å². The first-order valence-electron chi connectivity index (χ1n) is 7.84. The van der Waals surface area contributed by atoms with Crippen molar-refractivity contribution in [3.63, 3.8) is 0 Å². The summed E-state index contributed by atoms with van der Waals surface area (Å²) in [5.74, 6) is 0.233. The van der Waals surface area contributed by atoms with Crippen LogP contribution in [0.4, 0.5) is 13.2 Å². The fraction of sp³-hybridized carbons (Fsp3) is 0.500. The summed E-state index contributed by atoms with van der Waals surface area (Å²) in [6.45, 7) is 1.30. The number of hydrogen-bond donors (Lipinski definition) is 0. The van der Waals surface area contributed by atoms with E-state index in [0.717, 1.165) is 38.0 Å². The van der Waals surface area contributed by atoms with Gasteiger partial charge in [0.25, 0.3) is 0 Å². The Morgan fingerprint density at radius 2 is 2.00 bits per heavy atom. The fourth-order valence-electron chi connectivity index (χ4n) is 2.94. The quantitative estimate of drug-likeness (QED) is 0.811. The van der Waals surface area contributed by atoms with Gasteiger partial charge in [0.15, 0.2) is 6.61 Å². The second-order valence-corrected chi connectivity index (χ2v) is 5.93. The van der Waals surface area contributed by atoms with Gasteiger partial charge in [0, 0.05) is 12.6 Å². The van der Waals surface area contributed by atoms with Crippen LogP contribution in [0.5, 0.6) is 5.75 Å². The van der Waals surface area contributed by atoms with Crippen LogP contribution in [0.3, 0.4) is 0 Å². The molecule has 2 aromatic rings. The molecule has 2 heterocycles. The summed E-state index contributed by atoms with van der Waals surface area (Å²) in [6.07, 6.45) is 1.16. The van der Waals surface area contributed by atoms with Crippen molar-refractivity contribution < 1.29 is 17.9 Å². The van der Waals surface area contributed by atoms with Crippen molar-refractivity contribution in [1.82, 2.24) is 19.7 Å². The second kappa shape index (κ2) is 7.21. The number of hydrogen-bond acceptors (Lipinski definition) is 4. The molecule has 0 bridgehead atoms. The molecule has 1 aromatic carbocycles.